The molecular formula is C28H41N3O2. The standard InChI is InChI=1S/C24H29N3O2.2C2H6/c1-17(2)27(3)24-9-7-20(16-26-24)21(14-18-10-12-25-13-11-18)19-6-8-22(28-4)23(15-19)29-5;2*1-2/h6-13,15-17,21H,14H2,1-5H3;2*1-2H3. The summed E-state index contributed by atoms with van der Waals surface area (Å²) in [6, 6.07) is 14.9. The van der Waals surface area contributed by atoms with E-state index in [0.29, 0.717) is 6.04 Å². The molecule has 3 rings (SSSR count). The fourth-order valence-electron chi connectivity index (χ4n) is 3.33. The van der Waals surface area contributed by atoms with Gasteiger partial charge in [0.2, 0.25) is 0 Å². The Hall–Kier alpha value is -3.08. The predicted molar refractivity (Wildman–Crippen MR) is 140 cm³/mol. The molecule has 180 valence electrons. The van der Waals surface area contributed by atoms with Crippen molar-refractivity contribution in [2.75, 3.05) is 26.2 Å². The smallest absolute Gasteiger partial charge is 0.161 e. The molecule has 33 heavy (non-hydrogen) atoms. The van der Waals surface area contributed by atoms with E-state index < -0.39 is 0 Å². The number of pyridine rings is 2. The minimum absolute atomic E-state index is 0.142. The third-order valence-electron chi connectivity index (χ3n) is 5.31. The van der Waals surface area contributed by atoms with Gasteiger partial charge in [-0.1, -0.05) is 39.8 Å². The molecule has 1 atom stereocenters. The quantitative estimate of drug-likeness (QED) is 0.378. The number of ether oxygens (including phenoxy) is 2. The molecule has 0 saturated heterocycles. The van der Waals surface area contributed by atoms with Gasteiger partial charge in [-0.15, -0.1) is 0 Å². The van der Waals surface area contributed by atoms with Crippen LogP contribution in [0.1, 0.15) is 64.2 Å². The highest BCUT2D eigenvalue weighted by Crippen LogP contribution is 2.35. The lowest BCUT2D eigenvalue weighted by molar-refractivity contribution is 0.354. The first-order valence-electron chi connectivity index (χ1n) is 11.8. The van der Waals surface area contributed by atoms with E-state index in [-0.39, 0.29) is 5.92 Å². The summed E-state index contributed by atoms with van der Waals surface area (Å²) in [5, 5.41) is 0. The van der Waals surface area contributed by atoms with Crippen LogP contribution in [0.2, 0.25) is 0 Å². The molecule has 2 aromatic heterocycles. The molecule has 0 spiro atoms. The van der Waals surface area contributed by atoms with Gasteiger partial charge in [-0.25, -0.2) is 4.98 Å². The Bertz CT molecular complexity index is 912. The topological polar surface area (TPSA) is 47.5 Å². The summed E-state index contributed by atoms with van der Waals surface area (Å²) in [6.45, 7) is 12.3. The summed E-state index contributed by atoms with van der Waals surface area (Å²) in [7, 11) is 5.38. The maximum Gasteiger partial charge on any atom is 0.161 e. The van der Waals surface area contributed by atoms with Crippen molar-refractivity contribution in [1.82, 2.24) is 9.97 Å². The van der Waals surface area contributed by atoms with E-state index in [1.165, 1.54) is 5.56 Å². The van der Waals surface area contributed by atoms with Crippen LogP contribution in [0, 0.1) is 0 Å². The van der Waals surface area contributed by atoms with Gasteiger partial charge in [-0.05, 0) is 67.3 Å². The zero-order valence-corrected chi connectivity index (χ0v) is 21.8. The monoisotopic (exact) mass is 451 g/mol. The molecule has 0 aliphatic rings. The van der Waals surface area contributed by atoms with Gasteiger partial charge in [0.25, 0.3) is 0 Å². The minimum Gasteiger partial charge on any atom is -0.493 e. The largest absolute Gasteiger partial charge is 0.493 e. The summed E-state index contributed by atoms with van der Waals surface area (Å²) in [5.74, 6) is 2.57. The number of methoxy groups -OCH3 is 2. The summed E-state index contributed by atoms with van der Waals surface area (Å²) >= 11 is 0. The normalized spacial score (nSPS) is 10.8. The maximum absolute atomic E-state index is 5.53. The number of nitrogens with zero attached hydrogens (tertiary/aromatic N) is 3. The van der Waals surface area contributed by atoms with Gasteiger partial charge in [-0.2, -0.15) is 0 Å². The first-order chi connectivity index (χ1) is 16.0. The van der Waals surface area contributed by atoms with Crippen LogP contribution >= 0.6 is 0 Å². The van der Waals surface area contributed by atoms with Gasteiger partial charge >= 0.3 is 0 Å². The number of anilines is 1. The molecule has 1 aromatic carbocycles. The lowest BCUT2D eigenvalue weighted by atomic mass is 9.86. The highest BCUT2D eigenvalue weighted by Gasteiger charge is 2.19. The Kier molecular flexibility index (Phi) is 12.6. The second-order valence-electron chi connectivity index (χ2n) is 7.38. The van der Waals surface area contributed by atoms with Gasteiger partial charge in [0, 0.05) is 37.6 Å². The van der Waals surface area contributed by atoms with E-state index in [0.717, 1.165) is 34.9 Å². The van der Waals surface area contributed by atoms with E-state index in [1.807, 2.05) is 52.4 Å². The van der Waals surface area contributed by atoms with Crippen LogP contribution in [-0.2, 0) is 6.42 Å². The van der Waals surface area contributed by atoms with Crippen LogP contribution in [0.3, 0.4) is 0 Å². The van der Waals surface area contributed by atoms with Crippen molar-refractivity contribution in [2.45, 2.75) is 59.9 Å². The minimum atomic E-state index is 0.142. The van der Waals surface area contributed by atoms with Crippen molar-refractivity contribution in [3.63, 3.8) is 0 Å². The molecule has 5 nitrogen and oxygen atoms in total. The molecule has 0 aliphatic carbocycles. The van der Waals surface area contributed by atoms with Crippen LogP contribution < -0.4 is 14.4 Å². The average Bonchev–Trinajstić information content (AvgIpc) is 2.89. The molecule has 0 aliphatic heterocycles. The Labute approximate surface area is 200 Å². The highest BCUT2D eigenvalue weighted by atomic mass is 16.5. The van der Waals surface area contributed by atoms with Crippen LogP contribution in [0.5, 0.6) is 11.5 Å². The summed E-state index contributed by atoms with van der Waals surface area (Å²) in [5.41, 5.74) is 3.55. The number of hydrogen-bond donors (Lipinski definition) is 0. The van der Waals surface area contributed by atoms with E-state index >= 15 is 0 Å². The van der Waals surface area contributed by atoms with E-state index in [4.69, 9.17) is 14.5 Å². The average molecular weight is 452 g/mol. The van der Waals surface area contributed by atoms with Crippen molar-refractivity contribution in [2.24, 2.45) is 0 Å². The molecule has 0 N–H and O–H groups in total. The van der Waals surface area contributed by atoms with Crippen LogP contribution in [-0.4, -0.2) is 37.3 Å². The van der Waals surface area contributed by atoms with Crippen LogP contribution in [0.4, 0.5) is 5.82 Å². The van der Waals surface area contributed by atoms with Crippen molar-refractivity contribution in [1.29, 1.82) is 0 Å². The van der Waals surface area contributed by atoms with E-state index in [9.17, 15) is 0 Å². The van der Waals surface area contributed by atoms with Gasteiger partial charge in [0.15, 0.2) is 11.5 Å². The Balaban J connectivity index is 0.00000129. The number of aromatic nitrogens is 2. The lowest BCUT2D eigenvalue weighted by Gasteiger charge is -2.24. The molecule has 5 heteroatoms. The molecule has 0 amide bonds. The maximum atomic E-state index is 5.53. The molecule has 3 aromatic rings. The number of hydrogen-bond acceptors (Lipinski definition) is 5. The van der Waals surface area contributed by atoms with Gasteiger partial charge in [0.1, 0.15) is 5.82 Å². The van der Waals surface area contributed by atoms with Crippen molar-refractivity contribution < 1.29 is 9.47 Å². The molecule has 2 heterocycles. The fourth-order valence-corrected chi connectivity index (χ4v) is 3.33. The van der Waals surface area contributed by atoms with Crippen molar-refractivity contribution in [3.05, 3.63) is 77.7 Å². The summed E-state index contributed by atoms with van der Waals surface area (Å²) in [6.07, 6.45) is 6.50. The SMILES string of the molecule is CC.CC.COc1ccc(C(Cc2ccncc2)c2ccc(N(C)C(C)C)nc2)cc1OC. The lowest BCUT2D eigenvalue weighted by Crippen LogP contribution is -2.26. The summed E-state index contributed by atoms with van der Waals surface area (Å²) in [4.78, 5) is 11.0. The first kappa shape index (κ1) is 28.0. The molecule has 1 unspecified atom stereocenters. The number of rotatable bonds is 8. The van der Waals surface area contributed by atoms with Gasteiger partial charge in [0.05, 0.1) is 14.2 Å². The fraction of sp³-hybridized carbons (Fsp3) is 0.429. The summed E-state index contributed by atoms with van der Waals surface area (Å²) < 4.78 is 10.9. The predicted octanol–water partition coefficient (Wildman–Crippen LogP) is 6.77. The Morgan fingerprint density at radius 1 is 0.818 bits per heavy atom. The van der Waals surface area contributed by atoms with E-state index in [2.05, 4.69) is 67.2 Å². The van der Waals surface area contributed by atoms with Gasteiger partial charge in [-0.3, -0.25) is 4.98 Å². The second kappa shape index (κ2) is 14.9. The molecular weight excluding hydrogens is 410 g/mol. The number of benzene rings is 1. The first-order valence-corrected chi connectivity index (χ1v) is 11.8. The zero-order valence-electron chi connectivity index (χ0n) is 21.8. The molecule has 0 bridgehead atoms. The van der Waals surface area contributed by atoms with Crippen LogP contribution in [0.15, 0.2) is 61.1 Å². The van der Waals surface area contributed by atoms with E-state index in [1.54, 1.807) is 14.2 Å². The second-order valence-corrected chi connectivity index (χ2v) is 7.38. The van der Waals surface area contributed by atoms with Gasteiger partial charge < -0.3 is 14.4 Å². The third-order valence-corrected chi connectivity index (χ3v) is 5.31. The Morgan fingerprint density at radius 3 is 1.94 bits per heavy atom. The van der Waals surface area contributed by atoms with Crippen LogP contribution in [0.25, 0.3) is 0 Å². The molecule has 0 saturated carbocycles. The molecule has 0 fully saturated rings. The van der Waals surface area contributed by atoms with Crippen molar-refractivity contribution >= 4 is 5.82 Å². The third kappa shape index (κ3) is 7.77. The van der Waals surface area contributed by atoms with Crippen molar-refractivity contribution in [3.8, 4) is 11.5 Å². The zero-order chi connectivity index (χ0) is 24.8. The Morgan fingerprint density at radius 2 is 1.42 bits per heavy atom. The molecule has 0 radical (unpaired) electrons. The highest BCUT2D eigenvalue weighted by molar-refractivity contribution is 5.48.